The molecule has 0 fully saturated rings. The molecule has 0 atom stereocenters. The van der Waals surface area contributed by atoms with Gasteiger partial charge in [0.25, 0.3) is 0 Å². The smallest absolute Gasteiger partial charge is 0.158 e. The van der Waals surface area contributed by atoms with Crippen LogP contribution in [0.25, 0.3) is 22.6 Å². The van der Waals surface area contributed by atoms with Gasteiger partial charge in [-0.1, -0.05) is 0 Å². The molecule has 3 rings (SSSR count). The molecular formula is C13H12N4. The number of aromatic amines is 1. The number of aromatic nitrogens is 4. The van der Waals surface area contributed by atoms with Gasteiger partial charge in [0, 0.05) is 12.4 Å². The van der Waals surface area contributed by atoms with Crippen molar-refractivity contribution in [3.05, 3.63) is 41.9 Å². The van der Waals surface area contributed by atoms with Crippen molar-refractivity contribution in [1.82, 2.24) is 19.9 Å². The van der Waals surface area contributed by atoms with Crippen molar-refractivity contribution in [2.24, 2.45) is 0 Å². The van der Waals surface area contributed by atoms with Crippen LogP contribution in [0.1, 0.15) is 11.1 Å². The maximum atomic E-state index is 4.53. The fourth-order valence-corrected chi connectivity index (χ4v) is 1.81. The van der Waals surface area contributed by atoms with Crippen molar-refractivity contribution in [3.63, 3.8) is 0 Å². The molecule has 2 heterocycles. The summed E-state index contributed by atoms with van der Waals surface area (Å²) in [5, 5.41) is 0. The lowest BCUT2D eigenvalue weighted by atomic mass is 10.1. The Morgan fingerprint density at radius 3 is 2.65 bits per heavy atom. The van der Waals surface area contributed by atoms with Crippen molar-refractivity contribution in [3.8, 4) is 11.5 Å². The zero-order valence-electron chi connectivity index (χ0n) is 9.73. The predicted octanol–water partition coefficient (Wildman–Crippen LogP) is 2.64. The van der Waals surface area contributed by atoms with E-state index in [1.165, 1.54) is 11.1 Å². The Labute approximate surface area is 98.8 Å². The lowest BCUT2D eigenvalue weighted by Gasteiger charge is -1.97. The number of benzene rings is 1. The molecular weight excluding hydrogens is 212 g/mol. The molecule has 0 amide bonds. The first kappa shape index (κ1) is 9.96. The Bertz CT molecular complexity index is 631. The highest BCUT2D eigenvalue weighted by molar-refractivity contribution is 5.80. The summed E-state index contributed by atoms with van der Waals surface area (Å²) < 4.78 is 0. The molecule has 0 radical (unpaired) electrons. The Kier molecular flexibility index (Phi) is 2.14. The van der Waals surface area contributed by atoms with E-state index in [0.29, 0.717) is 0 Å². The highest BCUT2D eigenvalue weighted by Gasteiger charge is 2.07. The van der Waals surface area contributed by atoms with Crippen molar-refractivity contribution in [1.29, 1.82) is 0 Å². The molecule has 0 unspecified atom stereocenters. The van der Waals surface area contributed by atoms with Crippen LogP contribution in [-0.4, -0.2) is 19.9 Å². The van der Waals surface area contributed by atoms with Gasteiger partial charge < -0.3 is 4.98 Å². The van der Waals surface area contributed by atoms with Gasteiger partial charge in [-0.15, -0.1) is 0 Å². The fraction of sp³-hybridized carbons (Fsp3) is 0.154. The molecule has 4 heteroatoms. The molecule has 0 aliphatic rings. The number of rotatable bonds is 1. The van der Waals surface area contributed by atoms with E-state index in [0.717, 1.165) is 22.6 Å². The van der Waals surface area contributed by atoms with E-state index < -0.39 is 0 Å². The van der Waals surface area contributed by atoms with E-state index in [1.807, 2.05) is 0 Å². The van der Waals surface area contributed by atoms with E-state index in [-0.39, 0.29) is 0 Å². The van der Waals surface area contributed by atoms with Crippen LogP contribution in [0.2, 0.25) is 0 Å². The number of hydrogen-bond donors (Lipinski definition) is 1. The summed E-state index contributed by atoms with van der Waals surface area (Å²) in [7, 11) is 0. The average molecular weight is 224 g/mol. The highest BCUT2D eigenvalue weighted by atomic mass is 15.0. The van der Waals surface area contributed by atoms with E-state index in [9.17, 15) is 0 Å². The lowest BCUT2D eigenvalue weighted by molar-refractivity contribution is 1.17. The second-order valence-electron chi connectivity index (χ2n) is 4.13. The van der Waals surface area contributed by atoms with Gasteiger partial charge in [0.15, 0.2) is 5.82 Å². The van der Waals surface area contributed by atoms with Crippen LogP contribution >= 0.6 is 0 Å². The Morgan fingerprint density at radius 2 is 1.88 bits per heavy atom. The normalized spacial score (nSPS) is 10.9. The second kappa shape index (κ2) is 3.66. The minimum absolute atomic E-state index is 0.762. The van der Waals surface area contributed by atoms with Gasteiger partial charge in [-0.2, -0.15) is 0 Å². The first-order valence-corrected chi connectivity index (χ1v) is 5.47. The minimum atomic E-state index is 0.762. The van der Waals surface area contributed by atoms with Gasteiger partial charge in [-0.3, -0.25) is 4.98 Å². The quantitative estimate of drug-likeness (QED) is 0.691. The van der Waals surface area contributed by atoms with Crippen molar-refractivity contribution < 1.29 is 0 Å². The van der Waals surface area contributed by atoms with Gasteiger partial charge in [0.05, 0.1) is 17.2 Å². The zero-order chi connectivity index (χ0) is 11.8. The SMILES string of the molecule is Cc1cc2nc(-c3cnccn3)[nH]c2cc1C. The molecule has 1 aromatic carbocycles. The summed E-state index contributed by atoms with van der Waals surface area (Å²) in [6.45, 7) is 4.18. The number of nitrogens with zero attached hydrogens (tertiary/aromatic N) is 3. The first-order chi connectivity index (χ1) is 8.24. The van der Waals surface area contributed by atoms with Gasteiger partial charge in [0.1, 0.15) is 5.69 Å². The van der Waals surface area contributed by atoms with Crippen LogP contribution in [0.15, 0.2) is 30.7 Å². The number of nitrogens with one attached hydrogen (secondary N) is 1. The minimum Gasteiger partial charge on any atom is -0.337 e. The van der Waals surface area contributed by atoms with Gasteiger partial charge in [-0.25, -0.2) is 9.97 Å². The van der Waals surface area contributed by atoms with Crippen LogP contribution in [0.4, 0.5) is 0 Å². The third kappa shape index (κ3) is 1.67. The summed E-state index contributed by atoms with van der Waals surface area (Å²) in [4.78, 5) is 16.1. The predicted molar refractivity (Wildman–Crippen MR) is 66.6 cm³/mol. The van der Waals surface area contributed by atoms with Crippen molar-refractivity contribution in [2.75, 3.05) is 0 Å². The Balaban J connectivity index is 2.21. The molecule has 3 aromatic rings. The number of aryl methyl sites for hydroxylation is 2. The van der Waals surface area contributed by atoms with Gasteiger partial charge in [0.2, 0.25) is 0 Å². The zero-order valence-corrected chi connectivity index (χ0v) is 9.73. The maximum absolute atomic E-state index is 4.53. The molecule has 0 aliphatic heterocycles. The van der Waals surface area contributed by atoms with Crippen LogP contribution in [0.5, 0.6) is 0 Å². The van der Waals surface area contributed by atoms with Gasteiger partial charge >= 0.3 is 0 Å². The van der Waals surface area contributed by atoms with Crippen LogP contribution in [0.3, 0.4) is 0 Å². The summed E-state index contributed by atoms with van der Waals surface area (Å²) in [5.74, 6) is 0.762. The van der Waals surface area contributed by atoms with E-state index >= 15 is 0 Å². The number of fused-ring (bicyclic) bond motifs is 1. The maximum Gasteiger partial charge on any atom is 0.158 e. The Morgan fingerprint density at radius 1 is 1.06 bits per heavy atom. The van der Waals surface area contributed by atoms with E-state index in [4.69, 9.17) is 0 Å². The van der Waals surface area contributed by atoms with Crippen molar-refractivity contribution in [2.45, 2.75) is 13.8 Å². The fourth-order valence-electron chi connectivity index (χ4n) is 1.81. The lowest BCUT2D eigenvalue weighted by Crippen LogP contribution is -1.85. The molecule has 4 nitrogen and oxygen atoms in total. The third-order valence-corrected chi connectivity index (χ3v) is 2.90. The van der Waals surface area contributed by atoms with Crippen LogP contribution in [-0.2, 0) is 0 Å². The second-order valence-corrected chi connectivity index (χ2v) is 4.13. The molecule has 0 spiro atoms. The summed E-state index contributed by atoms with van der Waals surface area (Å²) >= 11 is 0. The molecule has 0 aliphatic carbocycles. The average Bonchev–Trinajstić information content (AvgIpc) is 2.74. The third-order valence-electron chi connectivity index (χ3n) is 2.90. The summed E-state index contributed by atoms with van der Waals surface area (Å²) in [6.07, 6.45) is 5.02. The first-order valence-electron chi connectivity index (χ1n) is 5.47. The molecule has 84 valence electrons. The van der Waals surface area contributed by atoms with Crippen LogP contribution in [0, 0.1) is 13.8 Å². The molecule has 1 N–H and O–H groups in total. The standard InChI is InChI=1S/C13H12N4/c1-8-5-10-11(6-9(8)2)17-13(16-10)12-7-14-3-4-15-12/h3-7H,1-2H3,(H,16,17). The highest BCUT2D eigenvalue weighted by Crippen LogP contribution is 2.21. The monoisotopic (exact) mass is 224 g/mol. The van der Waals surface area contributed by atoms with Gasteiger partial charge in [-0.05, 0) is 37.1 Å². The molecule has 0 saturated heterocycles. The Hall–Kier alpha value is -2.23. The summed E-state index contributed by atoms with van der Waals surface area (Å²) in [5.41, 5.74) is 5.27. The largest absolute Gasteiger partial charge is 0.337 e. The van der Waals surface area contributed by atoms with E-state index in [1.54, 1.807) is 18.6 Å². The summed E-state index contributed by atoms with van der Waals surface area (Å²) in [6, 6.07) is 4.19. The molecule has 0 saturated carbocycles. The van der Waals surface area contributed by atoms with Crippen LogP contribution < -0.4 is 0 Å². The van der Waals surface area contributed by atoms with E-state index in [2.05, 4.69) is 45.9 Å². The molecule has 17 heavy (non-hydrogen) atoms. The number of H-pyrrole nitrogens is 1. The van der Waals surface area contributed by atoms with Crippen molar-refractivity contribution >= 4 is 11.0 Å². The number of hydrogen-bond acceptors (Lipinski definition) is 3. The molecule has 0 bridgehead atoms. The topological polar surface area (TPSA) is 54.5 Å². The number of imidazole rings is 1. The molecule has 2 aromatic heterocycles.